The highest BCUT2D eigenvalue weighted by Crippen LogP contribution is 2.20. The first kappa shape index (κ1) is 12.3. The summed E-state index contributed by atoms with van der Waals surface area (Å²) in [5.41, 5.74) is 1.02. The van der Waals surface area contributed by atoms with Crippen LogP contribution in [0.2, 0.25) is 0 Å². The molecule has 94 valence electrons. The molecule has 1 aliphatic heterocycles. The second-order valence-corrected chi connectivity index (χ2v) is 5.10. The van der Waals surface area contributed by atoms with Crippen molar-refractivity contribution in [1.82, 2.24) is 9.97 Å². The number of aromatic nitrogens is 2. The van der Waals surface area contributed by atoms with Crippen LogP contribution in [0, 0.1) is 6.92 Å². The van der Waals surface area contributed by atoms with Gasteiger partial charge in [-0.15, -0.1) is 0 Å². The summed E-state index contributed by atoms with van der Waals surface area (Å²) in [6.45, 7) is 8.00. The van der Waals surface area contributed by atoms with Crippen molar-refractivity contribution in [3.05, 3.63) is 17.6 Å². The van der Waals surface area contributed by atoms with Crippen molar-refractivity contribution in [2.24, 2.45) is 0 Å². The summed E-state index contributed by atoms with van der Waals surface area (Å²) in [6, 6.07) is 2.03. The normalized spacial score (nSPS) is 17.8. The summed E-state index contributed by atoms with van der Waals surface area (Å²) in [7, 11) is 0. The van der Waals surface area contributed by atoms with Gasteiger partial charge in [-0.3, -0.25) is 0 Å². The number of aryl methyl sites for hydroxylation is 1. The number of hydrogen-bond donors (Lipinski definition) is 1. The van der Waals surface area contributed by atoms with Crippen LogP contribution in [0.4, 0.5) is 5.82 Å². The van der Waals surface area contributed by atoms with Crippen LogP contribution in [0.1, 0.15) is 44.1 Å². The van der Waals surface area contributed by atoms with Gasteiger partial charge in [0.25, 0.3) is 0 Å². The molecule has 0 amide bonds. The molecule has 2 rings (SSSR count). The lowest BCUT2D eigenvalue weighted by molar-refractivity contribution is 0.145. The molecule has 0 atom stereocenters. The summed E-state index contributed by atoms with van der Waals surface area (Å²) in [5, 5.41) is 9.51. The maximum Gasteiger partial charge on any atom is 0.133 e. The molecule has 0 spiro atoms. The van der Waals surface area contributed by atoms with E-state index in [4.69, 9.17) is 0 Å². The van der Waals surface area contributed by atoms with Crippen LogP contribution >= 0.6 is 0 Å². The number of nitrogens with zero attached hydrogens (tertiary/aromatic N) is 3. The Balaban J connectivity index is 2.20. The molecule has 4 heteroatoms. The Morgan fingerprint density at radius 1 is 1.29 bits per heavy atom. The first-order chi connectivity index (χ1) is 8.06. The fraction of sp³-hybridized carbons (Fsp3) is 0.692. The summed E-state index contributed by atoms with van der Waals surface area (Å²) >= 11 is 0. The quantitative estimate of drug-likeness (QED) is 0.850. The van der Waals surface area contributed by atoms with Crippen molar-refractivity contribution >= 4 is 5.82 Å². The molecule has 1 fully saturated rings. The second kappa shape index (κ2) is 5.00. The van der Waals surface area contributed by atoms with Gasteiger partial charge in [-0.2, -0.15) is 0 Å². The van der Waals surface area contributed by atoms with Gasteiger partial charge in [-0.25, -0.2) is 9.97 Å². The molecule has 0 saturated carbocycles. The highest BCUT2D eigenvalue weighted by atomic mass is 16.3. The molecule has 2 heterocycles. The van der Waals surface area contributed by atoms with E-state index >= 15 is 0 Å². The van der Waals surface area contributed by atoms with Crippen LogP contribution in [-0.4, -0.2) is 34.3 Å². The Morgan fingerprint density at radius 2 is 1.94 bits per heavy atom. The summed E-state index contributed by atoms with van der Waals surface area (Å²) in [4.78, 5) is 11.3. The summed E-state index contributed by atoms with van der Waals surface area (Å²) in [5.74, 6) is 2.27. The van der Waals surface area contributed by atoms with E-state index in [-0.39, 0.29) is 6.10 Å². The smallest absolute Gasteiger partial charge is 0.133 e. The number of hydrogen-bond acceptors (Lipinski definition) is 4. The zero-order chi connectivity index (χ0) is 12.4. The molecular formula is C13H21N3O. The third-order valence-electron chi connectivity index (χ3n) is 3.16. The van der Waals surface area contributed by atoms with Crippen molar-refractivity contribution in [2.45, 2.75) is 45.6 Å². The van der Waals surface area contributed by atoms with Crippen molar-refractivity contribution in [2.75, 3.05) is 18.0 Å². The molecule has 0 radical (unpaired) electrons. The SMILES string of the molecule is Cc1cc(N2CCC(O)CC2)nc(C(C)C)n1. The van der Waals surface area contributed by atoms with Crippen molar-refractivity contribution in [1.29, 1.82) is 0 Å². The van der Waals surface area contributed by atoms with Gasteiger partial charge in [0, 0.05) is 30.8 Å². The number of aliphatic hydroxyl groups is 1. The van der Waals surface area contributed by atoms with Crippen LogP contribution in [0.3, 0.4) is 0 Å². The fourth-order valence-electron chi connectivity index (χ4n) is 2.09. The molecule has 0 aliphatic carbocycles. The third-order valence-corrected chi connectivity index (χ3v) is 3.16. The van der Waals surface area contributed by atoms with Crippen LogP contribution in [0.25, 0.3) is 0 Å². The van der Waals surface area contributed by atoms with Gasteiger partial charge >= 0.3 is 0 Å². The van der Waals surface area contributed by atoms with E-state index in [9.17, 15) is 5.11 Å². The molecule has 17 heavy (non-hydrogen) atoms. The van der Waals surface area contributed by atoms with E-state index in [2.05, 4.69) is 28.7 Å². The highest BCUT2D eigenvalue weighted by Gasteiger charge is 2.19. The molecule has 4 nitrogen and oxygen atoms in total. The lowest BCUT2D eigenvalue weighted by atomic mass is 10.1. The minimum absolute atomic E-state index is 0.140. The monoisotopic (exact) mass is 235 g/mol. The van der Waals surface area contributed by atoms with Crippen LogP contribution in [0.5, 0.6) is 0 Å². The van der Waals surface area contributed by atoms with E-state index in [1.807, 2.05) is 13.0 Å². The van der Waals surface area contributed by atoms with Crippen molar-refractivity contribution < 1.29 is 5.11 Å². The average molecular weight is 235 g/mol. The van der Waals surface area contributed by atoms with E-state index in [1.165, 1.54) is 0 Å². The number of rotatable bonds is 2. The molecule has 1 N–H and O–H groups in total. The molecule has 1 aromatic rings. The Kier molecular flexibility index (Phi) is 3.62. The second-order valence-electron chi connectivity index (χ2n) is 5.10. The van der Waals surface area contributed by atoms with Crippen LogP contribution in [0.15, 0.2) is 6.07 Å². The number of piperidine rings is 1. The molecular weight excluding hydrogens is 214 g/mol. The fourth-order valence-corrected chi connectivity index (χ4v) is 2.09. The van der Waals surface area contributed by atoms with Gasteiger partial charge in [0.2, 0.25) is 0 Å². The number of aliphatic hydroxyl groups excluding tert-OH is 1. The Bertz CT molecular complexity index is 384. The van der Waals surface area contributed by atoms with Crippen molar-refractivity contribution in [3.8, 4) is 0 Å². The van der Waals surface area contributed by atoms with Crippen LogP contribution < -0.4 is 4.90 Å². The number of anilines is 1. The standard InChI is InChI=1S/C13H21N3O/c1-9(2)13-14-10(3)8-12(15-13)16-6-4-11(17)5-7-16/h8-9,11,17H,4-7H2,1-3H3. The van der Waals surface area contributed by atoms with E-state index in [0.717, 1.165) is 43.3 Å². The maximum atomic E-state index is 9.51. The van der Waals surface area contributed by atoms with Gasteiger partial charge in [0.05, 0.1) is 6.10 Å². The lowest BCUT2D eigenvalue weighted by Crippen LogP contribution is -2.36. The summed E-state index contributed by atoms with van der Waals surface area (Å²) < 4.78 is 0. The first-order valence-electron chi connectivity index (χ1n) is 6.35. The van der Waals surface area contributed by atoms with Crippen LogP contribution in [-0.2, 0) is 0 Å². The van der Waals surface area contributed by atoms with E-state index in [0.29, 0.717) is 5.92 Å². The topological polar surface area (TPSA) is 49.2 Å². The van der Waals surface area contributed by atoms with Gasteiger partial charge < -0.3 is 10.0 Å². The molecule has 0 aromatic carbocycles. The van der Waals surface area contributed by atoms with Gasteiger partial charge in [0.15, 0.2) is 0 Å². The predicted molar refractivity (Wildman–Crippen MR) is 68.3 cm³/mol. The Hall–Kier alpha value is -1.16. The van der Waals surface area contributed by atoms with E-state index in [1.54, 1.807) is 0 Å². The molecule has 1 saturated heterocycles. The zero-order valence-electron chi connectivity index (χ0n) is 10.8. The molecule has 1 aromatic heterocycles. The molecule has 0 bridgehead atoms. The minimum atomic E-state index is -0.140. The zero-order valence-corrected chi connectivity index (χ0v) is 10.8. The van der Waals surface area contributed by atoms with Crippen molar-refractivity contribution in [3.63, 3.8) is 0 Å². The third kappa shape index (κ3) is 2.94. The van der Waals surface area contributed by atoms with Gasteiger partial charge in [0.1, 0.15) is 11.6 Å². The van der Waals surface area contributed by atoms with Gasteiger partial charge in [-0.1, -0.05) is 13.8 Å². The average Bonchev–Trinajstić information content (AvgIpc) is 2.29. The lowest BCUT2D eigenvalue weighted by Gasteiger charge is -2.30. The Labute approximate surface area is 103 Å². The highest BCUT2D eigenvalue weighted by molar-refractivity contribution is 5.40. The largest absolute Gasteiger partial charge is 0.393 e. The first-order valence-corrected chi connectivity index (χ1v) is 6.35. The maximum absolute atomic E-state index is 9.51. The Morgan fingerprint density at radius 3 is 2.53 bits per heavy atom. The molecule has 1 aliphatic rings. The van der Waals surface area contributed by atoms with E-state index < -0.39 is 0 Å². The van der Waals surface area contributed by atoms with Gasteiger partial charge in [-0.05, 0) is 19.8 Å². The molecule has 0 unspecified atom stereocenters. The minimum Gasteiger partial charge on any atom is -0.393 e. The predicted octanol–water partition coefficient (Wildman–Crippen LogP) is 1.87. The summed E-state index contributed by atoms with van der Waals surface area (Å²) in [6.07, 6.45) is 1.53.